The Hall–Kier alpha value is -2.07. The van der Waals surface area contributed by atoms with Crippen LogP contribution in [0, 0.1) is 5.92 Å². The zero-order valence-corrected chi connectivity index (χ0v) is 20.8. The molecule has 0 aliphatic carbocycles. The molecule has 168 valence electrons. The van der Waals surface area contributed by atoms with E-state index in [9.17, 15) is 4.79 Å². The average molecular weight is 557 g/mol. The van der Waals surface area contributed by atoms with E-state index in [1.807, 2.05) is 43.3 Å². The summed E-state index contributed by atoms with van der Waals surface area (Å²) in [5, 5.41) is 7.36. The largest absolute Gasteiger partial charge is 0.369 e. The number of carbonyl (C=O) groups is 1. The number of aliphatic imine (C=N–C) groups is 1. The zero-order valence-electron chi connectivity index (χ0n) is 17.7. The third-order valence-electron chi connectivity index (χ3n) is 5.09. The Morgan fingerprint density at radius 1 is 1.32 bits per heavy atom. The van der Waals surface area contributed by atoms with Crippen molar-refractivity contribution >= 4 is 53.3 Å². The summed E-state index contributed by atoms with van der Waals surface area (Å²) in [6, 6.07) is 11.7. The van der Waals surface area contributed by atoms with Crippen molar-refractivity contribution in [3.63, 3.8) is 0 Å². The molecule has 7 nitrogen and oxygen atoms in total. The van der Waals surface area contributed by atoms with Crippen molar-refractivity contribution in [3.8, 4) is 0 Å². The van der Waals surface area contributed by atoms with Crippen LogP contribution in [0.2, 0.25) is 5.02 Å². The molecule has 4 N–H and O–H groups in total. The van der Waals surface area contributed by atoms with Gasteiger partial charge in [-0.15, -0.1) is 24.0 Å². The van der Waals surface area contributed by atoms with Gasteiger partial charge >= 0.3 is 0 Å². The molecule has 0 saturated carbocycles. The van der Waals surface area contributed by atoms with Crippen LogP contribution in [-0.4, -0.2) is 36.5 Å². The highest BCUT2D eigenvalue weighted by Crippen LogP contribution is 2.24. The predicted molar refractivity (Wildman–Crippen MR) is 137 cm³/mol. The minimum absolute atomic E-state index is 0. The standard InChI is InChI=1S/C22H29ClN6O.HI/c1-2-25-22(27-13-16-6-3-9-19(23)12-16)28-14-17-7-4-10-26-21(17)29-11-5-8-18(15-29)20(24)30;/h3-4,6-7,9-10,12,18H,2,5,8,11,13-15H2,1H3,(H2,24,30)(H2,25,27,28);1H. The number of rotatable bonds is 7. The van der Waals surface area contributed by atoms with Gasteiger partial charge in [-0.3, -0.25) is 4.79 Å². The molecular formula is C22H30ClIN6O. The zero-order chi connectivity index (χ0) is 21.3. The number of hydrogen-bond donors (Lipinski definition) is 3. The Balaban J connectivity index is 0.00000341. The third-order valence-corrected chi connectivity index (χ3v) is 5.33. The van der Waals surface area contributed by atoms with Crippen molar-refractivity contribution in [1.29, 1.82) is 0 Å². The molecule has 9 heteroatoms. The van der Waals surface area contributed by atoms with Crippen LogP contribution < -0.4 is 21.3 Å². The van der Waals surface area contributed by atoms with Crippen molar-refractivity contribution in [2.75, 3.05) is 24.5 Å². The Morgan fingerprint density at radius 2 is 2.16 bits per heavy atom. The molecule has 2 heterocycles. The van der Waals surface area contributed by atoms with Crippen LogP contribution >= 0.6 is 35.6 Å². The van der Waals surface area contributed by atoms with Crippen molar-refractivity contribution in [3.05, 3.63) is 58.7 Å². The molecule has 2 aromatic rings. The summed E-state index contributed by atoms with van der Waals surface area (Å²) in [6.07, 6.45) is 3.55. The molecule has 31 heavy (non-hydrogen) atoms. The molecular weight excluding hydrogens is 527 g/mol. The predicted octanol–water partition coefficient (Wildman–Crippen LogP) is 3.31. The minimum atomic E-state index is -0.238. The molecule has 1 aliphatic rings. The molecule has 1 atom stereocenters. The number of nitrogens with one attached hydrogen (secondary N) is 2. The summed E-state index contributed by atoms with van der Waals surface area (Å²) in [4.78, 5) is 23.0. The number of benzene rings is 1. The highest BCUT2D eigenvalue weighted by Gasteiger charge is 2.25. The molecule has 1 aromatic heterocycles. The first kappa shape index (κ1) is 25.2. The minimum Gasteiger partial charge on any atom is -0.369 e. The van der Waals surface area contributed by atoms with Gasteiger partial charge in [0, 0.05) is 43.0 Å². The van der Waals surface area contributed by atoms with Gasteiger partial charge in [0.2, 0.25) is 5.91 Å². The van der Waals surface area contributed by atoms with E-state index in [-0.39, 0.29) is 35.8 Å². The number of piperidine rings is 1. The summed E-state index contributed by atoms with van der Waals surface area (Å²) in [6.45, 7) is 5.38. The van der Waals surface area contributed by atoms with Crippen molar-refractivity contribution in [2.24, 2.45) is 16.6 Å². The van der Waals surface area contributed by atoms with Gasteiger partial charge in [-0.25, -0.2) is 9.98 Å². The molecule has 1 amide bonds. The van der Waals surface area contributed by atoms with Gasteiger partial charge in [0.25, 0.3) is 0 Å². The van der Waals surface area contributed by atoms with Crippen LogP contribution in [0.3, 0.4) is 0 Å². The van der Waals surface area contributed by atoms with Gasteiger partial charge < -0.3 is 21.3 Å². The van der Waals surface area contributed by atoms with Crippen molar-refractivity contribution in [1.82, 2.24) is 15.6 Å². The lowest BCUT2D eigenvalue weighted by Gasteiger charge is -2.33. The van der Waals surface area contributed by atoms with Crippen LogP contribution in [0.25, 0.3) is 0 Å². The van der Waals surface area contributed by atoms with Gasteiger partial charge in [0.05, 0.1) is 12.5 Å². The fourth-order valence-electron chi connectivity index (χ4n) is 3.58. The second-order valence-electron chi connectivity index (χ2n) is 7.35. The van der Waals surface area contributed by atoms with Crippen molar-refractivity contribution in [2.45, 2.75) is 32.9 Å². The molecule has 1 unspecified atom stereocenters. The fraction of sp³-hybridized carbons (Fsp3) is 0.409. The Bertz CT molecular complexity index is 894. The number of primary amides is 1. The number of nitrogens with zero attached hydrogens (tertiary/aromatic N) is 3. The van der Waals surface area contributed by atoms with E-state index in [4.69, 9.17) is 17.3 Å². The van der Waals surface area contributed by atoms with Crippen LogP contribution in [-0.2, 0) is 17.9 Å². The lowest BCUT2D eigenvalue weighted by molar-refractivity contribution is -0.122. The number of halogens is 2. The van der Waals surface area contributed by atoms with E-state index in [1.165, 1.54) is 0 Å². The molecule has 1 fully saturated rings. The Labute approximate surface area is 205 Å². The monoisotopic (exact) mass is 556 g/mol. The van der Waals surface area contributed by atoms with Crippen LogP contribution in [0.5, 0.6) is 0 Å². The highest BCUT2D eigenvalue weighted by atomic mass is 127. The maximum absolute atomic E-state index is 11.6. The topological polar surface area (TPSA) is 95.6 Å². The van der Waals surface area contributed by atoms with E-state index < -0.39 is 0 Å². The smallest absolute Gasteiger partial charge is 0.222 e. The Kier molecular flexibility index (Phi) is 10.3. The summed E-state index contributed by atoms with van der Waals surface area (Å²) >= 11 is 6.06. The van der Waals surface area contributed by atoms with Gasteiger partial charge in [0.15, 0.2) is 5.96 Å². The lowest BCUT2D eigenvalue weighted by Crippen LogP contribution is -2.42. The summed E-state index contributed by atoms with van der Waals surface area (Å²) < 4.78 is 0. The summed E-state index contributed by atoms with van der Waals surface area (Å²) in [5.41, 5.74) is 7.64. The van der Waals surface area contributed by atoms with E-state index in [0.29, 0.717) is 24.7 Å². The van der Waals surface area contributed by atoms with Crippen LogP contribution in [0.1, 0.15) is 30.9 Å². The number of aromatic nitrogens is 1. The first-order chi connectivity index (χ1) is 14.6. The van der Waals surface area contributed by atoms with Crippen LogP contribution in [0.15, 0.2) is 47.6 Å². The molecule has 1 aliphatic heterocycles. The maximum Gasteiger partial charge on any atom is 0.222 e. The van der Waals surface area contributed by atoms with Crippen LogP contribution in [0.4, 0.5) is 5.82 Å². The first-order valence-corrected chi connectivity index (χ1v) is 10.7. The van der Waals surface area contributed by atoms with E-state index in [1.54, 1.807) is 6.20 Å². The number of guanidine groups is 1. The summed E-state index contributed by atoms with van der Waals surface area (Å²) in [7, 11) is 0. The molecule has 1 aromatic carbocycles. The number of nitrogens with two attached hydrogens (primary N) is 1. The van der Waals surface area contributed by atoms with Gasteiger partial charge in [-0.05, 0) is 43.5 Å². The molecule has 1 saturated heterocycles. The SMILES string of the molecule is CCNC(=NCc1cccc(Cl)c1)NCc1cccnc1N1CCCC(C(N)=O)C1.I. The molecule has 0 spiro atoms. The normalized spacial score (nSPS) is 16.4. The first-order valence-electron chi connectivity index (χ1n) is 10.3. The van der Waals surface area contributed by atoms with E-state index >= 15 is 0 Å². The van der Waals surface area contributed by atoms with E-state index in [2.05, 4.69) is 25.5 Å². The number of anilines is 1. The number of carbonyl (C=O) groups excluding carboxylic acids is 1. The van der Waals surface area contributed by atoms with Crippen molar-refractivity contribution < 1.29 is 4.79 Å². The second-order valence-corrected chi connectivity index (χ2v) is 7.79. The lowest BCUT2D eigenvalue weighted by atomic mass is 9.97. The number of hydrogen-bond acceptors (Lipinski definition) is 4. The second kappa shape index (κ2) is 12.7. The fourth-order valence-corrected chi connectivity index (χ4v) is 3.79. The summed E-state index contributed by atoms with van der Waals surface area (Å²) in [5.74, 6) is 1.25. The third kappa shape index (κ3) is 7.53. The van der Waals surface area contributed by atoms with Gasteiger partial charge in [-0.1, -0.05) is 29.8 Å². The number of pyridine rings is 1. The maximum atomic E-state index is 11.6. The van der Waals surface area contributed by atoms with E-state index in [0.717, 1.165) is 48.8 Å². The molecule has 3 rings (SSSR count). The highest BCUT2D eigenvalue weighted by molar-refractivity contribution is 14.0. The quantitative estimate of drug-likeness (QED) is 0.276. The average Bonchev–Trinajstić information content (AvgIpc) is 2.76. The van der Waals surface area contributed by atoms with Gasteiger partial charge in [0.1, 0.15) is 5.82 Å². The Morgan fingerprint density at radius 3 is 2.90 bits per heavy atom. The molecule has 0 radical (unpaired) electrons. The molecule has 0 bridgehead atoms. The number of amides is 1. The van der Waals surface area contributed by atoms with Gasteiger partial charge in [-0.2, -0.15) is 0 Å².